The summed E-state index contributed by atoms with van der Waals surface area (Å²) in [6, 6.07) is 13.1. The van der Waals surface area contributed by atoms with Gasteiger partial charge in [0.2, 0.25) is 5.91 Å². The third-order valence-corrected chi connectivity index (χ3v) is 5.00. The van der Waals surface area contributed by atoms with Gasteiger partial charge in [-0.3, -0.25) is 14.4 Å². The molecular weight excluding hydrogens is 392 g/mol. The highest BCUT2D eigenvalue weighted by Crippen LogP contribution is 2.36. The number of benzene rings is 2. The second-order valence-electron chi connectivity index (χ2n) is 6.75. The summed E-state index contributed by atoms with van der Waals surface area (Å²) >= 11 is 5.93. The molecule has 7 nitrogen and oxygen atoms in total. The van der Waals surface area contributed by atoms with Crippen molar-refractivity contribution in [3.8, 4) is 11.1 Å². The molecule has 29 heavy (non-hydrogen) atoms. The van der Waals surface area contributed by atoms with Crippen molar-refractivity contribution < 1.29 is 14.4 Å². The fourth-order valence-electron chi connectivity index (χ4n) is 3.23. The van der Waals surface area contributed by atoms with E-state index in [0.717, 1.165) is 11.1 Å². The summed E-state index contributed by atoms with van der Waals surface area (Å²) < 4.78 is 1.53. The second-order valence-corrected chi connectivity index (χ2v) is 7.19. The molecule has 2 aromatic carbocycles. The summed E-state index contributed by atoms with van der Waals surface area (Å²) in [5.74, 6) is -0.100. The molecular formula is C21H17ClN4O3. The Labute approximate surface area is 171 Å². The molecule has 0 fully saturated rings. The summed E-state index contributed by atoms with van der Waals surface area (Å²) in [7, 11) is 0. The maximum atomic E-state index is 12.4. The highest BCUT2D eigenvalue weighted by Gasteiger charge is 2.35. The normalized spacial score (nSPS) is 15.0. The molecule has 1 aliphatic rings. The maximum absolute atomic E-state index is 12.4. The molecule has 2 heterocycles. The first-order valence-electron chi connectivity index (χ1n) is 8.97. The first kappa shape index (κ1) is 18.9. The zero-order valence-corrected chi connectivity index (χ0v) is 16.2. The topological polar surface area (TPSA) is 93.1 Å². The lowest BCUT2D eigenvalue weighted by atomic mass is 10.1. The molecule has 146 valence electrons. The van der Waals surface area contributed by atoms with Gasteiger partial charge < -0.3 is 10.6 Å². The number of rotatable bonds is 5. The van der Waals surface area contributed by atoms with E-state index in [1.54, 1.807) is 42.6 Å². The largest absolute Gasteiger partial charge is 0.326 e. The maximum Gasteiger partial charge on any atom is 0.251 e. The summed E-state index contributed by atoms with van der Waals surface area (Å²) in [4.78, 5) is 36.2. The van der Waals surface area contributed by atoms with Gasteiger partial charge in [-0.1, -0.05) is 23.7 Å². The Morgan fingerprint density at radius 1 is 1.14 bits per heavy atom. The Balaban J connectivity index is 1.49. The Hall–Kier alpha value is -3.45. The molecule has 2 amide bonds. The zero-order chi connectivity index (χ0) is 20.5. The molecule has 1 atom stereocenters. The molecule has 4 rings (SSSR count). The second kappa shape index (κ2) is 7.52. The molecule has 0 radical (unpaired) electrons. The minimum Gasteiger partial charge on any atom is -0.326 e. The summed E-state index contributed by atoms with van der Waals surface area (Å²) in [6.45, 7) is 1.48. The molecule has 0 saturated carbocycles. The molecule has 3 aromatic rings. The van der Waals surface area contributed by atoms with Gasteiger partial charge in [-0.05, 0) is 48.9 Å². The number of carbonyl (C=O) groups excluding carboxylic acids is 3. The van der Waals surface area contributed by atoms with E-state index in [1.807, 2.05) is 12.1 Å². The average molecular weight is 409 g/mol. The van der Waals surface area contributed by atoms with Crippen LogP contribution in [0.2, 0.25) is 5.02 Å². The van der Waals surface area contributed by atoms with Crippen molar-refractivity contribution in [3.63, 3.8) is 0 Å². The van der Waals surface area contributed by atoms with Gasteiger partial charge in [-0.25, -0.2) is 4.68 Å². The van der Waals surface area contributed by atoms with Crippen LogP contribution < -0.4 is 10.6 Å². The Morgan fingerprint density at radius 2 is 1.83 bits per heavy atom. The van der Waals surface area contributed by atoms with Gasteiger partial charge in [0, 0.05) is 21.8 Å². The lowest BCUT2D eigenvalue weighted by molar-refractivity contribution is -0.123. The van der Waals surface area contributed by atoms with Gasteiger partial charge in [0.15, 0.2) is 5.78 Å². The molecule has 0 aliphatic carbocycles. The fourth-order valence-corrected chi connectivity index (χ4v) is 3.36. The third kappa shape index (κ3) is 3.77. The van der Waals surface area contributed by atoms with Crippen LogP contribution >= 0.6 is 11.6 Å². The molecule has 1 aromatic heterocycles. The molecule has 0 spiro atoms. The first-order valence-corrected chi connectivity index (χ1v) is 9.35. The quantitative estimate of drug-likeness (QED) is 0.625. The van der Waals surface area contributed by atoms with Gasteiger partial charge in [0.1, 0.15) is 11.9 Å². The molecule has 0 bridgehead atoms. The number of ketones is 1. The SMILES string of the molecule is CC(=O)c1ccc(NC(=O)CC2C(=O)Nc3c(-c4ccc(Cl)cc4)cnn32)cc1. The van der Waals surface area contributed by atoms with Crippen LogP contribution in [-0.2, 0) is 9.59 Å². The number of hydrogen-bond donors (Lipinski definition) is 2. The van der Waals surface area contributed by atoms with Crippen LogP contribution in [0.5, 0.6) is 0 Å². The number of aromatic nitrogens is 2. The minimum absolute atomic E-state index is 0.0480. The number of carbonyl (C=O) groups is 3. The van der Waals surface area contributed by atoms with E-state index < -0.39 is 6.04 Å². The first-order chi connectivity index (χ1) is 13.9. The zero-order valence-electron chi connectivity index (χ0n) is 15.5. The lowest BCUT2D eigenvalue weighted by Crippen LogP contribution is -2.23. The van der Waals surface area contributed by atoms with Crippen LogP contribution in [0, 0.1) is 0 Å². The smallest absolute Gasteiger partial charge is 0.251 e. The number of hydrogen-bond acceptors (Lipinski definition) is 4. The van der Waals surface area contributed by atoms with E-state index in [2.05, 4.69) is 15.7 Å². The Kier molecular flexibility index (Phi) is 4.90. The van der Waals surface area contributed by atoms with Crippen LogP contribution in [0.15, 0.2) is 54.7 Å². The van der Waals surface area contributed by atoms with Crippen molar-refractivity contribution >= 4 is 40.7 Å². The standard InChI is InChI=1S/C21H17ClN4O3/c1-12(27)13-4-8-16(9-5-13)24-19(28)10-18-21(29)25-20-17(11-23-26(18)20)14-2-6-15(22)7-3-14/h2-9,11,18H,10H2,1H3,(H,24,28)(H,25,29). The Bertz CT molecular complexity index is 1100. The number of nitrogens with zero attached hydrogens (tertiary/aromatic N) is 2. The molecule has 0 saturated heterocycles. The van der Waals surface area contributed by atoms with Crippen molar-refractivity contribution in [2.45, 2.75) is 19.4 Å². The van der Waals surface area contributed by atoms with Crippen LogP contribution in [0.25, 0.3) is 11.1 Å². The summed E-state index contributed by atoms with van der Waals surface area (Å²) in [5, 5.41) is 10.5. The predicted octanol–water partition coefficient (Wildman–Crippen LogP) is 3.93. The van der Waals surface area contributed by atoms with Crippen molar-refractivity contribution in [1.29, 1.82) is 0 Å². The number of Topliss-reactive ketones (excluding diaryl/α,β-unsaturated/α-hetero) is 1. The molecule has 1 unspecified atom stereocenters. The fraction of sp³-hybridized carbons (Fsp3) is 0.143. The van der Waals surface area contributed by atoms with E-state index in [9.17, 15) is 14.4 Å². The number of halogens is 1. The van der Waals surface area contributed by atoms with E-state index >= 15 is 0 Å². The number of amides is 2. The van der Waals surface area contributed by atoms with Crippen molar-refractivity contribution in [2.75, 3.05) is 10.6 Å². The number of nitrogens with one attached hydrogen (secondary N) is 2. The van der Waals surface area contributed by atoms with Crippen molar-refractivity contribution in [2.24, 2.45) is 0 Å². The average Bonchev–Trinajstić information content (AvgIpc) is 3.22. The highest BCUT2D eigenvalue weighted by atomic mass is 35.5. The molecule has 1 aliphatic heterocycles. The van der Waals surface area contributed by atoms with Gasteiger partial charge in [0.25, 0.3) is 5.91 Å². The van der Waals surface area contributed by atoms with Crippen molar-refractivity contribution in [1.82, 2.24) is 9.78 Å². The van der Waals surface area contributed by atoms with Crippen LogP contribution in [0.3, 0.4) is 0 Å². The highest BCUT2D eigenvalue weighted by molar-refractivity contribution is 6.30. The van der Waals surface area contributed by atoms with E-state index in [4.69, 9.17) is 11.6 Å². The predicted molar refractivity (Wildman–Crippen MR) is 110 cm³/mol. The van der Waals surface area contributed by atoms with E-state index in [0.29, 0.717) is 22.1 Å². The van der Waals surface area contributed by atoms with E-state index in [-0.39, 0.29) is 24.0 Å². The molecule has 8 heteroatoms. The molecule has 2 N–H and O–H groups in total. The summed E-state index contributed by atoms with van der Waals surface area (Å²) in [5.41, 5.74) is 2.75. The van der Waals surface area contributed by atoms with Gasteiger partial charge in [0.05, 0.1) is 12.6 Å². The Morgan fingerprint density at radius 3 is 2.48 bits per heavy atom. The minimum atomic E-state index is -0.734. The van der Waals surface area contributed by atoms with Crippen LogP contribution in [-0.4, -0.2) is 27.4 Å². The number of fused-ring (bicyclic) bond motifs is 1. The third-order valence-electron chi connectivity index (χ3n) is 4.74. The number of anilines is 2. The monoisotopic (exact) mass is 408 g/mol. The van der Waals surface area contributed by atoms with Gasteiger partial charge in [-0.2, -0.15) is 5.10 Å². The van der Waals surface area contributed by atoms with Crippen molar-refractivity contribution in [3.05, 3.63) is 65.3 Å². The van der Waals surface area contributed by atoms with Gasteiger partial charge >= 0.3 is 0 Å². The lowest BCUT2D eigenvalue weighted by Gasteiger charge is -2.10. The van der Waals surface area contributed by atoms with E-state index in [1.165, 1.54) is 11.6 Å². The van der Waals surface area contributed by atoms with Crippen LogP contribution in [0.4, 0.5) is 11.5 Å². The summed E-state index contributed by atoms with van der Waals surface area (Å²) in [6.07, 6.45) is 1.60. The van der Waals surface area contributed by atoms with Crippen LogP contribution in [0.1, 0.15) is 29.7 Å². The van der Waals surface area contributed by atoms with Gasteiger partial charge in [-0.15, -0.1) is 0 Å².